The van der Waals surface area contributed by atoms with Crippen LogP contribution in [0.1, 0.15) is 39.5 Å². The van der Waals surface area contributed by atoms with Crippen LogP contribution in [-0.2, 0) is 4.79 Å². The van der Waals surface area contributed by atoms with E-state index in [0.717, 1.165) is 19.6 Å². The molecule has 0 aromatic carbocycles. The smallest absolute Gasteiger partial charge is 0.317 e. The fourth-order valence-electron chi connectivity index (χ4n) is 2.27. The number of likely N-dealkylation sites (N-methyl/N-ethyl adjacent to an activating group) is 1. The third-order valence-corrected chi connectivity index (χ3v) is 3.71. The van der Waals surface area contributed by atoms with Crippen LogP contribution in [0.25, 0.3) is 0 Å². The van der Waals surface area contributed by atoms with Gasteiger partial charge in [-0.15, -0.1) is 0 Å². The monoisotopic (exact) mass is 285 g/mol. The van der Waals surface area contributed by atoms with Crippen molar-refractivity contribution in [2.24, 2.45) is 0 Å². The minimum Gasteiger partial charge on any atom is -0.481 e. The number of likely N-dealkylation sites (tertiary alicyclic amines) is 1. The fraction of sp³-hybridized carbons (Fsp3) is 0.857. The summed E-state index contributed by atoms with van der Waals surface area (Å²) in [6.07, 6.45) is 2.98. The van der Waals surface area contributed by atoms with Gasteiger partial charge in [0.25, 0.3) is 0 Å². The Morgan fingerprint density at radius 3 is 2.45 bits per heavy atom. The molecule has 0 aliphatic carbocycles. The van der Waals surface area contributed by atoms with Gasteiger partial charge in [0.1, 0.15) is 0 Å². The number of urea groups is 1. The summed E-state index contributed by atoms with van der Waals surface area (Å²) in [5.74, 6) is -0.838. The molecule has 1 fully saturated rings. The van der Waals surface area contributed by atoms with Crippen molar-refractivity contribution in [1.82, 2.24) is 15.1 Å². The van der Waals surface area contributed by atoms with E-state index < -0.39 is 11.5 Å². The van der Waals surface area contributed by atoms with Crippen molar-refractivity contribution in [2.75, 3.05) is 33.2 Å². The normalized spacial score (nSPS) is 16.1. The second-order valence-electron chi connectivity index (χ2n) is 6.18. The van der Waals surface area contributed by atoms with Crippen molar-refractivity contribution in [2.45, 2.75) is 45.1 Å². The Balaban J connectivity index is 2.30. The van der Waals surface area contributed by atoms with Gasteiger partial charge in [-0.1, -0.05) is 0 Å². The van der Waals surface area contributed by atoms with Gasteiger partial charge < -0.3 is 20.2 Å². The number of nitrogens with zero attached hydrogens (tertiary/aromatic N) is 2. The topological polar surface area (TPSA) is 72.9 Å². The summed E-state index contributed by atoms with van der Waals surface area (Å²) in [4.78, 5) is 26.7. The van der Waals surface area contributed by atoms with Crippen LogP contribution >= 0.6 is 0 Å². The summed E-state index contributed by atoms with van der Waals surface area (Å²) in [5, 5.41) is 11.6. The van der Waals surface area contributed by atoms with Gasteiger partial charge in [-0.25, -0.2) is 4.79 Å². The number of aliphatic carboxylic acids is 1. The molecule has 20 heavy (non-hydrogen) atoms. The first-order chi connectivity index (χ1) is 9.30. The van der Waals surface area contributed by atoms with Gasteiger partial charge in [0.05, 0.1) is 0 Å². The highest BCUT2D eigenvalue weighted by Gasteiger charge is 2.23. The molecule has 1 heterocycles. The molecule has 0 radical (unpaired) electrons. The molecule has 2 N–H and O–H groups in total. The van der Waals surface area contributed by atoms with E-state index in [1.54, 1.807) is 11.9 Å². The van der Waals surface area contributed by atoms with Crippen molar-refractivity contribution in [1.29, 1.82) is 0 Å². The highest BCUT2D eigenvalue weighted by molar-refractivity contribution is 5.75. The molecule has 0 spiro atoms. The lowest BCUT2D eigenvalue weighted by Crippen LogP contribution is -2.50. The summed E-state index contributed by atoms with van der Waals surface area (Å²) < 4.78 is 0. The lowest BCUT2D eigenvalue weighted by Gasteiger charge is -2.29. The zero-order valence-electron chi connectivity index (χ0n) is 12.8. The lowest BCUT2D eigenvalue weighted by molar-refractivity contribution is -0.137. The van der Waals surface area contributed by atoms with Gasteiger partial charge in [0, 0.05) is 32.1 Å². The predicted molar refractivity (Wildman–Crippen MR) is 77.8 cm³/mol. The highest BCUT2D eigenvalue weighted by atomic mass is 16.4. The molecule has 1 aliphatic heterocycles. The standard InChI is InChI=1S/C14H27N3O3/c1-14(2,7-6-12(18)19)15-13(20)16(3)10-11-17-8-4-5-9-17/h4-11H2,1-3H3,(H,15,20)(H,18,19). The molecular formula is C14H27N3O3. The molecular weight excluding hydrogens is 258 g/mol. The average Bonchev–Trinajstić information content (AvgIpc) is 2.86. The second kappa shape index (κ2) is 7.47. The lowest BCUT2D eigenvalue weighted by atomic mass is 9.99. The molecule has 2 amide bonds. The maximum absolute atomic E-state index is 12.1. The van der Waals surface area contributed by atoms with Crippen molar-refractivity contribution in [3.8, 4) is 0 Å². The average molecular weight is 285 g/mol. The zero-order chi connectivity index (χ0) is 15.2. The number of carboxylic acids is 1. The SMILES string of the molecule is CN(CCN1CCCC1)C(=O)NC(C)(C)CCC(=O)O. The maximum Gasteiger partial charge on any atom is 0.317 e. The van der Waals surface area contributed by atoms with Crippen LogP contribution < -0.4 is 5.32 Å². The van der Waals surface area contributed by atoms with Gasteiger partial charge >= 0.3 is 12.0 Å². The summed E-state index contributed by atoms with van der Waals surface area (Å²) >= 11 is 0. The van der Waals surface area contributed by atoms with Crippen molar-refractivity contribution in [3.05, 3.63) is 0 Å². The van der Waals surface area contributed by atoms with E-state index in [1.165, 1.54) is 12.8 Å². The minimum absolute atomic E-state index is 0.0603. The number of carboxylic acid groups (broad SMARTS) is 1. The Kier molecular flexibility index (Phi) is 6.26. The predicted octanol–water partition coefficient (Wildman–Crippen LogP) is 1.37. The molecule has 1 saturated heterocycles. The first-order valence-corrected chi connectivity index (χ1v) is 7.27. The van der Waals surface area contributed by atoms with Gasteiger partial charge in [-0.05, 0) is 46.2 Å². The molecule has 0 aromatic heterocycles. The summed E-state index contributed by atoms with van der Waals surface area (Å²) in [5.41, 5.74) is -0.503. The number of rotatable bonds is 7. The Bertz CT molecular complexity index is 339. The summed E-state index contributed by atoms with van der Waals surface area (Å²) in [6.45, 7) is 7.55. The number of hydrogen-bond acceptors (Lipinski definition) is 3. The Morgan fingerprint density at radius 1 is 1.30 bits per heavy atom. The van der Waals surface area contributed by atoms with Crippen LogP contribution in [0, 0.1) is 0 Å². The van der Waals surface area contributed by atoms with Crippen molar-refractivity contribution < 1.29 is 14.7 Å². The number of amides is 2. The molecule has 0 aromatic rings. The first-order valence-electron chi connectivity index (χ1n) is 7.27. The zero-order valence-corrected chi connectivity index (χ0v) is 12.8. The number of nitrogens with one attached hydrogen (secondary N) is 1. The highest BCUT2D eigenvalue weighted by Crippen LogP contribution is 2.12. The molecule has 6 heteroatoms. The largest absolute Gasteiger partial charge is 0.481 e. The van der Waals surface area contributed by atoms with E-state index in [2.05, 4.69) is 10.2 Å². The Hall–Kier alpha value is -1.30. The van der Waals surface area contributed by atoms with Crippen LogP contribution in [0.3, 0.4) is 0 Å². The van der Waals surface area contributed by atoms with Crippen molar-refractivity contribution in [3.63, 3.8) is 0 Å². The second-order valence-corrected chi connectivity index (χ2v) is 6.18. The quantitative estimate of drug-likeness (QED) is 0.741. The van der Waals surface area contributed by atoms with E-state index in [4.69, 9.17) is 5.11 Å². The van der Waals surface area contributed by atoms with E-state index in [-0.39, 0.29) is 12.5 Å². The van der Waals surface area contributed by atoms with Gasteiger partial charge in [-0.2, -0.15) is 0 Å². The first kappa shape index (κ1) is 16.8. The Labute approximate surface area is 121 Å². The van der Waals surface area contributed by atoms with Crippen LogP contribution in [0.4, 0.5) is 4.79 Å². The maximum atomic E-state index is 12.1. The van der Waals surface area contributed by atoms with Gasteiger partial charge in [0.2, 0.25) is 0 Å². The van der Waals surface area contributed by atoms with Gasteiger partial charge in [0.15, 0.2) is 0 Å². The van der Waals surface area contributed by atoms with Crippen LogP contribution in [-0.4, -0.2) is 65.7 Å². The van der Waals surface area contributed by atoms with Gasteiger partial charge in [-0.3, -0.25) is 4.79 Å². The fourth-order valence-corrected chi connectivity index (χ4v) is 2.27. The summed E-state index contributed by atoms with van der Waals surface area (Å²) in [6, 6.07) is -0.139. The van der Waals surface area contributed by atoms with E-state index in [0.29, 0.717) is 13.0 Å². The Morgan fingerprint density at radius 2 is 1.90 bits per heavy atom. The van der Waals surface area contributed by atoms with Crippen LogP contribution in [0.15, 0.2) is 0 Å². The third-order valence-electron chi connectivity index (χ3n) is 3.71. The molecule has 6 nitrogen and oxygen atoms in total. The molecule has 116 valence electrons. The molecule has 0 bridgehead atoms. The molecule has 1 aliphatic rings. The van der Waals surface area contributed by atoms with E-state index in [9.17, 15) is 9.59 Å². The van der Waals surface area contributed by atoms with E-state index >= 15 is 0 Å². The van der Waals surface area contributed by atoms with Crippen LogP contribution in [0.2, 0.25) is 0 Å². The molecule has 1 rings (SSSR count). The summed E-state index contributed by atoms with van der Waals surface area (Å²) in [7, 11) is 1.78. The molecule has 0 unspecified atom stereocenters. The third kappa shape index (κ3) is 6.23. The number of carbonyl (C=O) groups excluding carboxylic acids is 1. The van der Waals surface area contributed by atoms with Crippen molar-refractivity contribution >= 4 is 12.0 Å². The molecule has 0 atom stereocenters. The number of carbonyl (C=O) groups is 2. The minimum atomic E-state index is -0.838. The molecule has 0 saturated carbocycles. The number of hydrogen-bond donors (Lipinski definition) is 2. The van der Waals surface area contributed by atoms with Crippen LogP contribution in [0.5, 0.6) is 0 Å². The van der Waals surface area contributed by atoms with E-state index in [1.807, 2.05) is 13.8 Å².